The van der Waals surface area contributed by atoms with Gasteiger partial charge in [-0.1, -0.05) is 19.8 Å². The maximum atomic E-state index is 4.83. The molecule has 0 bridgehead atoms. The summed E-state index contributed by atoms with van der Waals surface area (Å²) in [6.45, 7) is 3.39. The molecule has 2 aliphatic rings. The van der Waals surface area contributed by atoms with Gasteiger partial charge in [0.15, 0.2) is 0 Å². The van der Waals surface area contributed by atoms with Crippen LogP contribution < -0.4 is 5.32 Å². The first-order valence-electron chi connectivity index (χ1n) is 8.14. The highest BCUT2D eigenvalue weighted by Crippen LogP contribution is 2.34. The first kappa shape index (κ1) is 13.2. The first-order valence-corrected chi connectivity index (χ1v) is 8.14. The third kappa shape index (κ3) is 3.38. The highest BCUT2D eigenvalue weighted by molar-refractivity contribution is 5.05. The van der Waals surface area contributed by atoms with Gasteiger partial charge in [0.05, 0.1) is 11.7 Å². The summed E-state index contributed by atoms with van der Waals surface area (Å²) in [5.74, 6) is 0.906. The van der Waals surface area contributed by atoms with Gasteiger partial charge in [-0.2, -0.15) is 5.10 Å². The molecule has 19 heavy (non-hydrogen) atoms. The van der Waals surface area contributed by atoms with Gasteiger partial charge in [0.25, 0.3) is 0 Å². The summed E-state index contributed by atoms with van der Waals surface area (Å²) in [5.41, 5.74) is 1.28. The molecule has 0 amide bonds. The SMILES string of the molecule is CCCNC(Cc1ccn(C2CCCC2)n1)C1CC1. The van der Waals surface area contributed by atoms with Gasteiger partial charge in [0.2, 0.25) is 0 Å². The van der Waals surface area contributed by atoms with E-state index in [0.29, 0.717) is 12.1 Å². The number of hydrogen-bond donors (Lipinski definition) is 1. The molecule has 2 saturated carbocycles. The van der Waals surface area contributed by atoms with Crippen LogP contribution in [0, 0.1) is 5.92 Å². The first-order chi connectivity index (χ1) is 9.36. The molecule has 1 unspecified atom stereocenters. The Morgan fingerprint density at radius 2 is 2.11 bits per heavy atom. The van der Waals surface area contributed by atoms with Crippen LogP contribution in [0.4, 0.5) is 0 Å². The van der Waals surface area contributed by atoms with E-state index < -0.39 is 0 Å². The van der Waals surface area contributed by atoms with Crippen LogP contribution in [0.3, 0.4) is 0 Å². The molecule has 1 aromatic rings. The maximum absolute atomic E-state index is 4.83. The molecule has 3 rings (SSSR count). The molecule has 0 saturated heterocycles. The summed E-state index contributed by atoms with van der Waals surface area (Å²) in [6, 6.07) is 3.57. The lowest BCUT2D eigenvalue weighted by molar-refractivity contribution is 0.438. The number of hydrogen-bond acceptors (Lipinski definition) is 2. The zero-order chi connectivity index (χ0) is 13.1. The van der Waals surface area contributed by atoms with Crippen molar-refractivity contribution >= 4 is 0 Å². The average Bonchev–Trinajstić information content (AvgIpc) is 2.93. The van der Waals surface area contributed by atoms with E-state index in [1.807, 2.05) is 0 Å². The topological polar surface area (TPSA) is 29.9 Å². The molecule has 0 spiro atoms. The van der Waals surface area contributed by atoms with Crippen LogP contribution in [0.15, 0.2) is 12.3 Å². The Morgan fingerprint density at radius 3 is 2.79 bits per heavy atom. The minimum Gasteiger partial charge on any atom is -0.313 e. The minimum absolute atomic E-state index is 0.659. The molecule has 1 aromatic heterocycles. The second-order valence-corrected chi connectivity index (χ2v) is 6.33. The van der Waals surface area contributed by atoms with E-state index in [1.54, 1.807) is 0 Å². The number of aromatic nitrogens is 2. The molecular formula is C16H27N3. The highest BCUT2D eigenvalue weighted by Gasteiger charge is 2.31. The summed E-state index contributed by atoms with van der Waals surface area (Å²) in [6.07, 6.45) is 12.8. The molecule has 3 heteroatoms. The van der Waals surface area contributed by atoms with Crippen molar-refractivity contribution < 1.29 is 0 Å². The summed E-state index contributed by atoms with van der Waals surface area (Å²) < 4.78 is 2.23. The van der Waals surface area contributed by atoms with Crippen molar-refractivity contribution in [1.29, 1.82) is 0 Å². The lowest BCUT2D eigenvalue weighted by Gasteiger charge is -2.16. The fourth-order valence-corrected chi connectivity index (χ4v) is 3.32. The Labute approximate surface area is 116 Å². The number of nitrogens with one attached hydrogen (secondary N) is 1. The maximum Gasteiger partial charge on any atom is 0.0640 e. The van der Waals surface area contributed by atoms with Crippen LogP contribution in [0.1, 0.15) is 63.6 Å². The Morgan fingerprint density at radius 1 is 1.32 bits per heavy atom. The third-order valence-electron chi connectivity index (χ3n) is 4.64. The lowest BCUT2D eigenvalue weighted by atomic mass is 10.1. The van der Waals surface area contributed by atoms with E-state index in [2.05, 4.69) is 29.2 Å². The Hall–Kier alpha value is -0.830. The lowest BCUT2D eigenvalue weighted by Crippen LogP contribution is -2.33. The molecule has 3 nitrogen and oxygen atoms in total. The Balaban J connectivity index is 1.58. The molecule has 2 aliphatic carbocycles. The highest BCUT2D eigenvalue weighted by atomic mass is 15.3. The monoisotopic (exact) mass is 261 g/mol. The van der Waals surface area contributed by atoms with Crippen molar-refractivity contribution in [3.8, 4) is 0 Å². The number of nitrogens with zero attached hydrogens (tertiary/aromatic N) is 2. The van der Waals surface area contributed by atoms with Crippen molar-refractivity contribution in [2.45, 2.75) is 70.4 Å². The van der Waals surface area contributed by atoms with E-state index in [4.69, 9.17) is 5.10 Å². The van der Waals surface area contributed by atoms with E-state index in [9.17, 15) is 0 Å². The van der Waals surface area contributed by atoms with Crippen molar-refractivity contribution in [3.05, 3.63) is 18.0 Å². The van der Waals surface area contributed by atoms with E-state index in [-0.39, 0.29) is 0 Å². The standard InChI is InChI=1S/C16H27N3/c1-2-10-17-16(13-7-8-13)12-14-9-11-19(18-14)15-5-3-4-6-15/h9,11,13,15-17H,2-8,10,12H2,1H3. The average molecular weight is 261 g/mol. The molecule has 2 fully saturated rings. The summed E-state index contributed by atoms with van der Waals surface area (Å²) in [4.78, 5) is 0. The third-order valence-corrected chi connectivity index (χ3v) is 4.64. The van der Waals surface area contributed by atoms with Gasteiger partial charge in [-0.05, 0) is 50.6 Å². The van der Waals surface area contributed by atoms with Crippen molar-refractivity contribution in [2.75, 3.05) is 6.54 Å². The smallest absolute Gasteiger partial charge is 0.0640 e. The van der Waals surface area contributed by atoms with E-state index in [1.165, 1.54) is 50.6 Å². The van der Waals surface area contributed by atoms with Crippen LogP contribution in [0.2, 0.25) is 0 Å². The summed E-state index contributed by atoms with van der Waals surface area (Å²) in [5, 5.41) is 8.54. The zero-order valence-corrected chi connectivity index (χ0v) is 12.1. The molecule has 0 radical (unpaired) electrons. The second-order valence-electron chi connectivity index (χ2n) is 6.33. The van der Waals surface area contributed by atoms with Crippen LogP contribution in [-0.4, -0.2) is 22.4 Å². The molecule has 106 valence electrons. The predicted molar refractivity (Wildman–Crippen MR) is 78.2 cm³/mol. The van der Waals surface area contributed by atoms with Crippen LogP contribution >= 0.6 is 0 Å². The van der Waals surface area contributed by atoms with E-state index >= 15 is 0 Å². The molecule has 0 aliphatic heterocycles. The van der Waals surface area contributed by atoms with Crippen LogP contribution in [0.5, 0.6) is 0 Å². The van der Waals surface area contributed by atoms with Crippen molar-refractivity contribution in [2.24, 2.45) is 5.92 Å². The van der Waals surface area contributed by atoms with Gasteiger partial charge in [0, 0.05) is 18.7 Å². The largest absolute Gasteiger partial charge is 0.313 e. The van der Waals surface area contributed by atoms with E-state index in [0.717, 1.165) is 18.9 Å². The molecule has 1 heterocycles. The van der Waals surface area contributed by atoms with Gasteiger partial charge in [0.1, 0.15) is 0 Å². The van der Waals surface area contributed by atoms with Gasteiger partial charge >= 0.3 is 0 Å². The van der Waals surface area contributed by atoms with Gasteiger partial charge in [-0.15, -0.1) is 0 Å². The number of rotatable bonds is 7. The Bertz CT molecular complexity index is 388. The Kier molecular flexibility index (Phi) is 4.21. The molecule has 1 N–H and O–H groups in total. The van der Waals surface area contributed by atoms with Crippen LogP contribution in [0.25, 0.3) is 0 Å². The van der Waals surface area contributed by atoms with Gasteiger partial charge < -0.3 is 5.32 Å². The zero-order valence-electron chi connectivity index (χ0n) is 12.1. The van der Waals surface area contributed by atoms with Gasteiger partial charge in [-0.3, -0.25) is 4.68 Å². The van der Waals surface area contributed by atoms with Crippen molar-refractivity contribution in [1.82, 2.24) is 15.1 Å². The second kappa shape index (κ2) is 6.08. The molecular weight excluding hydrogens is 234 g/mol. The fourth-order valence-electron chi connectivity index (χ4n) is 3.32. The van der Waals surface area contributed by atoms with Gasteiger partial charge in [-0.25, -0.2) is 0 Å². The summed E-state index contributed by atoms with van der Waals surface area (Å²) >= 11 is 0. The minimum atomic E-state index is 0.659. The van der Waals surface area contributed by atoms with Crippen molar-refractivity contribution in [3.63, 3.8) is 0 Å². The molecule has 1 atom stereocenters. The predicted octanol–water partition coefficient (Wildman–Crippen LogP) is 3.32. The van der Waals surface area contributed by atoms with Crippen LogP contribution in [-0.2, 0) is 6.42 Å². The quantitative estimate of drug-likeness (QED) is 0.816. The normalized spacial score (nSPS) is 21.9. The molecule has 0 aromatic carbocycles. The fraction of sp³-hybridized carbons (Fsp3) is 0.812. The summed E-state index contributed by atoms with van der Waals surface area (Å²) in [7, 11) is 0.